The second-order valence-corrected chi connectivity index (χ2v) is 7.40. The van der Waals surface area contributed by atoms with E-state index in [1.54, 1.807) is 36.7 Å². The molecule has 0 saturated carbocycles. The molecule has 1 aliphatic rings. The monoisotopic (exact) mass is 421 g/mol. The zero-order chi connectivity index (χ0) is 21.6. The number of hydrogen-bond donors (Lipinski definition) is 1. The van der Waals surface area contributed by atoms with Gasteiger partial charge in [0.2, 0.25) is 5.91 Å². The van der Waals surface area contributed by atoms with Gasteiger partial charge in [-0.05, 0) is 30.2 Å². The van der Waals surface area contributed by atoms with Gasteiger partial charge >= 0.3 is 0 Å². The summed E-state index contributed by atoms with van der Waals surface area (Å²) >= 11 is 0. The van der Waals surface area contributed by atoms with E-state index in [0.717, 1.165) is 5.56 Å². The average Bonchev–Trinajstić information content (AvgIpc) is 3.06. The van der Waals surface area contributed by atoms with E-state index in [9.17, 15) is 14.4 Å². The highest BCUT2D eigenvalue weighted by Crippen LogP contribution is 2.16. The molecule has 1 unspecified atom stereocenters. The van der Waals surface area contributed by atoms with Crippen molar-refractivity contribution >= 4 is 22.8 Å². The Labute approximate surface area is 178 Å². The van der Waals surface area contributed by atoms with Gasteiger partial charge in [0.05, 0.1) is 24.5 Å². The highest BCUT2D eigenvalue weighted by Gasteiger charge is 2.29. The van der Waals surface area contributed by atoms with Crippen molar-refractivity contribution in [2.75, 3.05) is 32.8 Å². The van der Waals surface area contributed by atoms with E-state index in [4.69, 9.17) is 9.15 Å². The third kappa shape index (κ3) is 4.97. The van der Waals surface area contributed by atoms with Crippen LogP contribution in [0, 0.1) is 5.92 Å². The fourth-order valence-corrected chi connectivity index (χ4v) is 3.54. The fourth-order valence-electron chi connectivity index (χ4n) is 3.54. The molecule has 0 radical (unpaired) electrons. The van der Waals surface area contributed by atoms with Gasteiger partial charge in [0, 0.05) is 38.1 Å². The topological polar surface area (TPSA) is 102 Å². The third-order valence-electron chi connectivity index (χ3n) is 5.20. The quantitative estimate of drug-likeness (QED) is 0.672. The molecule has 0 spiro atoms. The summed E-state index contributed by atoms with van der Waals surface area (Å²) in [5, 5.41) is 3.32. The molecule has 1 aromatic carbocycles. The van der Waals surface area contributed by atoms with Crippen molar-refractivity contribution in [3.8, 4) is 0 Å². The third-order valence-corrected chi connectivity index (χ3v) is 5.20. The number of carbonyl (C=O) groups is 2. The number of aromatic nitrogens is 1. The van der Waals surface area contributed by atoms with Crippen LogP contribution >= 0.6 is 0 Å². The van der Waals surface area contributed by atoms with Crippen LogP contribution in [0.4, 0.5) is 0 Å². The van der Waals surface area contributed by atoms with Crippen LogP contribution in [0.25, 0.3) is 11.0 Å². The Morgan fingerprint density at radius 3 is 2.90 bits per heavy atom. The van der Waals surface area contributed by atoms with Crippen LogP contribution in [-0.2, 0) is 16.0 Å². The molecular formula is C23H23N3O5. The number of fused-ring (bicyclic) bond motifs is 1. The summed E-state index contributed by atoms with van der Waals surface area (Å²) in [6, 6.07) is 11.8. The summed E-state index contributed by atoms with van der Waals surface area (Å²) in [7, 11) is 0. The molecule has 0 aliphatic carbocycles. The Balaban J connectivity index is 1.42. The van der Waals surface area contributed by atoms with Gasteiger partial charge in [-0.2, -0.15) is 0 Å². The number of pyridine rings is 1. The number of ether oxygens (including phenoxy) is 1. The van der Waals surface area contributed by atoms with Gasteiger partial charge < -0.3 is 19.4 Å². The Kier molecular flexibility index (Phi) is 6.37. The molecule has 0 bridgehead atoms. The maximum atomic E-state index is 13.0. The molecule has 1 aliphatic heterocycles. The Morgan fingerprint density at radius 1 is 1.19 bits per heavy atom. The molecule has 31 heavy (non-hydrogen) atoms. The number of hydrogen-bond acceptors (Lipinski definition) is 6. The number of para-hydroxylation sites is 1. The van der Waals surface area contributed by atoms with Gasteiger partial charge in [-0.25, -0.2) is 0 Å². The largest absolute Gasteiger partial charge is 0.451 e. The highest BCUT2D eigenvalue weighted by molar-refractivity contribution is 5.93. The van der Waals surface area contributed by atoms with E-state index in [1.165, 1.54) is 11.0 Å². The minimum Gasteiger partial charge on any atom is -0.451 e. The van der Waals surface area contributed by atoms with Gasteiger partial charge in [0.1, 0.15) is 5.58 Å². The minimum atomic E-state index is -0.507. The maximum absolute atomic E-state index is 13.0. The summed E-state index contributed by atoms with van der Waals surface area (Å²) in [6.45, 7) is 1.50. The van der Waals surface area contributed by atoms with Crippen LogP contribution in [0.3, 0.4) is 0 Å². The van der Waals surface area contributed by atoms with Crippen LogP contribution in [0.1, 0.15) is 16.1 Å². The molecule has 4 rings (SSSR count). The second kappa shape index (κ2) is 9.53. The molecule has 160 valence electrons. The molecule has 1 saturated heterocycles. The Hall–Kier alpha value is -3.52. The van der Waals surface area contributed by atoms with Crippen molar-refractivity contribution in [3.05, 3.63) is 76.4 Å². The molecule has 3 aromatic rings. The van der Waals surface area contributed by atoms with Crippen molar-refractivity contribution < 1.29 is 18.7 Å². The molecule has 8 nitrogen and oxygen atoms in total. The SMILES string of the molecule is O=C(NCCc1cccnc1)C1COCCN(C(=O)c2cc(=O)c3ccccc3o2)C1. The molecule has 2 aromatic heterocycles. The van der Waals surface area contributed by atoms with Crippen LogP contribution in [-0.4, -0.2) is 54.5 Å². The summed E-state index contributed by atoms with van der Waals surface area (Å²) in [5.41, 5.74) is 1.11. The number of amides is 2. The number of nitrogens with zero attached hydrogens (tertiary/aromatic N) is 2. The summed E-state index contributed by atoms with van der Waals surface area (Å²) in [4.78, 5) is 43.6. The second-order valence-electron chi connectivity index (χ2n) is 7.40. The van der Waals surface area contributed by atoms with E-state index >= 15 is 0 Å². The van der Waals surface area contributed by atoms with Gasteiger partial charge in [-0.1, -0.05) is 18.2 Å². The predicted molar refractivity (Wildman–Crippen MR) is 114 cm³/mol. The first-order valence-electron chi connectivity index (χ1n) is 10.2. The van der Waals surface area contributed by atoms with Crippen LogP contribution < -0.4 is 10.7 Å². The number of benzene rings is 1. The number of nitrogens with one attached hydrogen (secondary N) is 1. The highest BCUT2D eigenvalue weighted by atomic mass is 16.5. The molecule has 1 N–H and O–H groups in total. The number of rotatable bonds is 5. The average molecular weight is 421 g/mol. The Bertz CT molecular complexity index is 1130. The van der Waals surface area contributed by atoms with E-state index in [0.29, 0.717) is 37.1 Å². The molecule has 8 heteroatoms. The van der Waals surface area contributed by atoms with Gasteiger partial charge in [0.25, 0.3) is 5.91 Å². The lowest BCUT2D eigenvalue weighted by atomic mass is 10.1. The minimum absolute atomic E-state index is 0.0404. The van der Waals surface area contributed by atoms with E-state index < -0.39 is 11.8 Å². The van der Waals surface area contributed by atoms with Gasteiger partial charge in [-0.3, -0.25) is 19.4 Å². The first-order chi connectivity index (χ1) is 15.1. The maximum Gasteiger partial charge on any atom is 0.289 e. The first kappa shape index (κ1) is 20.7. The van der Waals surface area contributed by atoms with Crippen molar-refractivity contribution in [3.63, 3.8) is 0 Å². The van der Waals surface area contributed by atoms with E-state index in [1.807, 2.05) is 12.1 Å². The summed E-state index contributed by atoms with van der Waals surface area (Å²) in [6.07, 6.45) is 4.13. The first-order valence-corrected chi connectivity index (χ1v) is 10.2. The molecule has 3 heterocycles. The summed E-state index contributed by atoms with van der Waals surface area (Å²) < 4.78 is 11.2. The van der Waals surface area contributed by atoms with Crippen LogP contribution in [0.15, 0.2) is 64.1 Å². The molecule has 2 amide bonds. The molecular weight excluding hydrogens is 398 g/mol. The van der Waals surface area contributed by atoms with Gasteiger partial charge in [-0.15, -0.1) is 0 Å². The van der Waals surface area contributed by atoms with Crippen molar-refractivity contribution in [1.29, 1.82) is 0 Å². The van der Waals surface area contributed by atoms with Gasteiger partial charge in [0.15, 0.2) is 11.2 Å². The van der Waals surface area contributed by atoms with Crippen LogP contribution in [0.5, 0.6) is 0 Å². The predicted octanol–water partition coefficient (Wildman–Crippen LogP) is 1.64. The lowest BCUT2D eigenvalue weighted by molar-refractivity contribution is -0.126. The smallest absolute Gasteiger partial charge is 0.289 e. The van der Waals surface area contributed by atoms with Crippen molar-refractivity contribution in [2.45, 2.75) is 6.42 Å². The standard InChI is InChI=1S/C23H23N3O5/c27-19-12-21(31-20-6-2-1-5-18(19)20)23(29)26-10-11-30-15-17(14-26)22(28)25-9-7-16-4-3-8-24-13-16/h1-6,8,12-13,17H,7,9-11,14-15H2,(H,25,28). The fraction of sp³-hybridized carbons (Fsp3) is 0.304. The summed E-state index contributed by atoms with van der Waals surface area (Å²) in [5.74, 6) is -1.15. The normalized spacial score (nSPS) is 16.6. The zero-order valence-corrected chi connectivity index (χ0v) is 17.0. The lowest BCUT2D eigenvalue weighted by Gasteiger charge is -2.22. The Morgan fingerprint density at radius 2 is 2.06 bits per heavy atom. The van der Waals surface area contributed by atoms with E-state index in [-0.39, 0.29) is 30.2 Å². The molecule has 1 fully saturated rings. The van der Waals surface area contributed by atoms with Crippen molar-refractivity contribution in [2.24, 2.45) is 5.92 Å². The zero-order valence-electron chi connectivity index (χ0n) is 17.0. The van der Waals surface area contributed by atoms with Crippen LogP contribution in [0.2, 0.25) is 0 Å². The van der Waals surface area contributed by atoms with Crippen molar-refractivity contribution in [1.82, 2.24) is 15.2 Å². The lowest BCUT2D eigenvalue weighted by Crippen LogP contribution is -2.42. The number of carbonyl (C=O) groups excluding carboxylic acids is 2. The molecule has 1 atom stereocenters. The van der Waals surface area contributed by atoms with E-state index in [2.05, 4.69) is 10.3 Å².